The molecule has 5 nitrogen and oxygen atoms in total. The summed E-state index contributed by atoms with van der Waals surface area (Å²) >= 11 is 15.2. The van der Waals surface area contributed by atoms with Gasteiger partial charge in [0.2, 0.25) is 10.0 Å². The summed E-state index contributed by atoms with van der Waals surface area (Å²) in [4.78, 5) is 10.7. The molecule has 1 unspecified atom stereocenters. The molecule has 1 fully saturated rings. The second-order valence-corrected chi connectivity index (χ2v) is 8.27. The third-order valence-corrected chi connectivity index (χ3v) is 6.60. The lowest BCUT2D eigenvalue weighted by Crippen LogP contribution is -2.37. The van der Waals surface area contributed by atoms with E-state index in [0.717, 1.165) is 0 Å². The maximum absolute atomic E-state index is 12.7. The molecule has 116 valence electrons. The molecule has 1 atom stereocenters. The molecule has 1 aromatic rings. The van der Waals surface area contributed by atoms with Gasteiger partial charge in [-0.2, -0.15) is 4.31 Å². The lowest BCUT2D eigenvalue weighted by Gasteiger charge is -2.24. The molecule has 1 N–H and O–H groups in total. The second kappa shape index (κ2) is 6.42. The Hall–Kier alpha value is -0.340. The molecule has 1 aliphatic heterocycles. The van der Waals surface area contributed by atoms with Crippen molar-refractivity contribution >= 4 is 55.1 Å². The van der Waals surface area contributed by atoms with Crippen LogP contribution in [-0.4, -0.2) is 36.4 Å². The van der Waals surface area contributed by atoms with Gasteiger partial charge in [0.25, 0.3) is 0 Å². The van der Waals surface area contributed by atoms with E-state index in [1.54, 1.807) is 0 Å². The Balaban J connectivity index is 2.45. The number of aliphatic carboxylic acids is 1. The minimum absolute atomic E-state index is 0.00958. The van der Waals surface area contributed by atoms with Gasteiger partial charge in [0.1, 0.15) is 4.90 Å². The summed E-state index contributed by atoms with van der Waals surface area (Å²) in [6.45, 7) is 0.267. The third kappa shape index (κ3) is 3.53. The van der Waals surface area contributed by atoms with Crippen molar-refractivity contribution < 1.29 is 18.3 Å². The van der Waals surface area contributed by atoms with Gasteiger partial charge in [0.05, 0.1) is 16.5 Å². The number of hydrogen-bond acceptors (Lipinski definition) is 3. The zero-order valence-corrected chi connectivity index (χ0v) is 14.6. The lowest BCUT2D eigenvalue weighted by atomic mass is 10.2. The van der Waals surface area contributed by atoms with Gasteiger partial charge in [-0.25, -0.2) is 8.42 Å². The summed E-state index contributed by atoms with van der Waals surface area (Å²) < 4.78 is 27.2. The van der Waals surface area contributed by atoms with Crippen LogP contribution in [-0.2, 0) is 14.8 Å². The van der Waals surface area contributed by atoms with Crippen molar-refractivity contribution in [2.75, 3.05) is 6.54 Å². The minimum Gasteiger partial charge on any atom is -0.481 e. The highest BCUT2D eigenvalue weighted by Crippen LogP contribution is 2.37. The number of rotatable bonds is 4. The van der Waals surface area contributed by atoms with E-state index in [0.29, 0.717) is 17.3 Å². The highest BCUT2D eigenvalue weighted by molar-refractivity contribution is 9.10. The summed E-state index contributed by atoms with van der Waals surface area (Å²) in [5.74, 6) is -1.03. The Morgan fingerprint density at radius 1 is 1.38 bits per heavy atom. The van der Waals surface area contributed by atoms with E-state index in [-0.39, 0.29) is 27.9 Å². The zero-order chi connectivity index (χ0) is 15.8. The van der Waals surface area contributed by atoms with Crippen LogP contribution in [0.4, 0.5) is 0 Å². The SMILES string of the molecule is O=C(O)CC1CCCN1S(=O)(=O)c1c(Cl)cc(Br)cc1Cl. The van der Waals surface area contributed by atoms with E-state index >= 15 is 0 Å². The topological polar surface area (TPSA) is 74.7 Å². The fourth-order valence-corrected chi connectivity index (χ4v) is 6.00. The van der Waals surface area contributed by atoms with Gasteiger partial charge in [-0.05, 0) is 25.0 Å². The summed E-state index contributed by atoms with van der Waals surface area (Å²) in [5, 5.41) is 8.91. The van der Waals surface area contributed by atoms with Crippen molar-refractivity contribution in [2.24, 2.45) is 0 Å². The molecule has 0 saturated carbocycles. The van der Waals surface area contributed by atoms with Crippen molar-refractivity contribution in [3.63, 3.8) is 0 Å². The Morgan fingerprint density at radius 3 is 2.48 bits per heavy atom. The summed E-state index contributed by atoms with van der Waals surface area (Å²) in [6.07, 6.45) is 0.894. The fourth-order valence-electron chi connectivity index (χ4n) is 2.42. The molecule has 0 amide bonds. The first-order valence-electron chi connectivity index (χ1n) is 6.11. The highest BCUT2D eigenvalue weighted by atomic mass is 79.9. The van der Waals surface area contributed by atoms with Crippen LogP contribution in [0, 0.1) is 0 Å². The van der Waals surface area contributed by atoms with Crippen molar-refractivity contribution in [3.8, 4) is 0 Å². The molecule has 21 heavy (non-hydrogen) atoms. The summed E-state index contributed by atoms with van der Waals surface area (Å²) in [7, 11) is -3.93. The van der Waals surface area contributed by atoms with Gasteiger partial charge >= 0.3 is 5.97 Å². The van der Waals surface area contributed by atoms with E-state index in [1.807, 2.05) is 0 Å². The molecule has 0 aromatic heterocycles. The van der Waals surface area contributed by atoms with Crippen LogP contribution in [0.2, 0.25) is 10.0 Å². The standard InChI is InChI=1S/C12H12BrCl2NO4S/c13-7-4-9(14)12(10(15)5-7)21(19,20)16-3-1-2-8(16)6-11(17)18/h4-5,8H,1-3,6H2,(H,17,18). The minimum atomic E-state index is -3.93. The smallest absolute Gasteiger partial charge is 0.304 e. The van der Waals surface area contributed by atoms with E-state index in [4.69, 9.17) is 28.3 Å². The molecular formula is C12H12BrCl2NO4S. The van der Waals surface area contributed by atoms with Gasteiger partial charge in [0.15, 0.2) is 0 Å². The van der Waals surface area contributed by atoms with Crippen LogP contribution in [0.1, 0.15) is 19.3 Å². The number of hydrogen-bond donors (Lipinski definition) is 1. The van der Waals surface area contributed by atoms with Crippen molar-refractivity contribution in [1.82, 2.24) is 4.31 Å². The van der Waals surface area contributed by atoms with Gasteiger partial charge < -0.3 is 5.11 Å². The monoisotopic (exact) mass is 415 g/mol. The quantitative estimate of drug-likeness (QED) is 0.816. The molecule has 0 radical (unpaired) electrons. The first kappa shape index (κ1) is 17.0. The number of nitrogens with zero attached hydrogens (tertiary/aromatic N) is 1. The molecule has 0 spiro atoms. The molecule has 1 aliphatic rings. The number of carbonyl (C=O) groups is 1. The number of sulfonamides is 1. The Bertz CT molecular complexity index is 657. The molecule has 9 heteroatoms. The van der Waals surface area contributed by atoms with Gasteiger partial charge in [-0.3, -0.25) is 4.79 Å². The van der Waals surface area contributed by atoms with Crippen LogP contribution in [0.15, 0.2) is 21.5 Å². The van der Waals surface area contributed by atoms with E-state index < -0.39 is 22.0 Å². The van der Waals surface area contributed by atoms with Gasteiger partial charge in [-0.1, -0.05) is 39.1 Å². The maximum Gasteiger partial charge on any atom is 0.304 e. The predicted octanol–water partition coefficient (Wildman–Crippen LogP) is 3.38. The van der Waals surface area contributed by atoms with E-state index in [9.17, 15) is 13.2 Å². The molecule has 1 heterocycles. The first-order valence-corrected chi connectivity index (χ1v) is 9.10. The Morgan fingerprint density at radius 2 is 1.95 bits per heavy atom. The molecule has 2 rings (SSSR count). The van der Waals surface area contributed by atoms with Crippen LogP contribution in [0.3, 0.4) is 0 Å². The third-order valence-electron chi connectivity index (χ3n) is 3.26. The average molecular weight is 417 g/mol. The van der Waals surface area contributed by atoms with Gasteiger partial charge in [0, 0.05) is 17.1 Å². The molecular weight excluding hydrogens is 405 g/mol. The molecule has 1 aromatic carbocycles. The van der Waals surface area contributed by atoms with Crippen molar-refractivity contribution in [1.29, 1.82) is 0 Å². The second-order valence-electron chi connectivity index (χ2n) is 4.71. The zero-order valence-electron chi connectivity index (χ0n) is 10.7. The van der Waals surface area contributed by atoms with Crippen LogP contribution in [0.25, 0.3) is 0 Å². The Labute approximate surface area is 141 Å². The number of benzene rings is 1. The van der Waals surface area contributed by atoms with Crippen LogP contribution in [0.5, 0.6) is 0 Å². The highest BCUT2D eigenvalue weighted by Gasteiger charge is 2.38. The van der Waals surface area contributed by atoms with Crippen LogP contribution >= 0.6 is 39.1 Å². The van der Waals surface area contributed by atoms with E-state index in [1.165, 1.54) is 16.4 Å². The van der Waals surface area contributed by atoms with Gasteiger partial charge in [-0.15, -0.1) is 0 Å². The maximum atomic E-state index is 12.7. The lowest BCUT2D eigenvalue weighted by molar-refractivity contribution is -0.137. The van der Waals surface area contributed by atoms with E-state index in [2.05, 4.69) is 15.9 Å². The van der Waals surface area contributed by atoms with Crippen LogP contribution < -0.4 is 0 Å². The normalized spacial score (nSPS) is 19.9. The summed E-state index contributed by atoms with van der Waals surface area (Å²) in [5.41, 5.74) is 0. The molecule has 0 aliphatic carbocycles. The average Bonchev–Trinajstić information content (AvgIpc) is 2.74. The number of carboxylic acids is 1. The Kier molecular flexibility index (Phi) is 5.20. The molecule has 0 bridgehead atoms. The number of halogens is 3. The largest absolute Gasteiger partial charge is 0.481 e. The van der Waals surface area contributed by atoms with Crippen molar-refractivity contribution in [3.05, 3.63) is 26.7 Å². The predicted molar refractivity (Wildman–Crippen MR) is 83.3 cm³/mol. The first-order chi connectivity index (χ1) is 9.73. The number of carboxylic acid groups (broad SMARTS) is 1. The van der Waals surface area contributed by atoms with Crippen molar-refractivity contribution in [2.45, 2.75) is 30.2 Å². The molecule has 1 saturated heterocycles. The summed E-state index contributed by atoms with van der Waals surface area (Å²) in [6, 6.07) is 2.33. The fraction of sp³-hybridized carbons (Fsp3) is 0.417.